The number of nitrogens with two attached hydrogens (primary N) is 1. The van der Waals surface area contributed by atoms with Crippen LogP contribution in [-0.4, -0.2) is 11.9 Å². The summed E-state index contributed by atoms with van der Waals surface area (Å²) >= 11 is 5.91. The number of hydrogen-bond donors (Lipinski definition) is 2. The Morgan fingerprint density at radius 2 is 2.06 bits per heavy atom. The van der Waals surface area contributed by atoms with E-state index < -0.39 is 0 Å². The first kappa shape index (κ1) is 13.2. The van der Waals surface area contributed by atoms with Crippen LogP contribution in [-0.2, 0) is 0 Å². The minimum Gasteiger partial charge on any atom is -0.399 e. The van der Waals surface area contributed by atoms with E-state index in [0.717, 1.165) is 6.42 Å². The molecule has 0 spiro atoms. The Balaban J connectivity index is 2.06. The molecule has 0 aromatic heterocycles. The van der Waals surface area contributed by atoms with Gasteiger partial charge in [-0.25, -0.2) is 0 Å². The lowest BCUT2D eigenvalue weighted by molar-refractivity contribution is 0.0910. The van der Waals surface area contributed by atoms with Crippen molar-refractivity contribution in [1.82, 2.24) is 5.32 Å². The number of carbonyl (C=O) groups excluding carboxylic acids is 1. The highest BCUT2D eigenvalue weighted by Crippen LogP contribution is 2.24. The van der Waals surface area contributed by atoms with Crippen LogP contribution in [0.3, 0.4) is 0 Å². The molecule has 0 heterocycles. The summed E-state index contributed by atoms with van der Waals surface area (Å²) in [6, 6.07) is 5.23. The fourth-order valence-corrected chi connectivity index (χ4v) is 2.77. The molecule has 1 fully saturated rings. The highest BCUT2D eigenvalue weighted by Gasteiger charge is 2.23. The molecule has 98 valence electrons. The summed E-state index contributed by atoms with van der Waals surface area (Å²) in [5.74, 6) is 0.460. The van der Waals surface area contributed by atoms with Crippen LogP contribution in [0.25, 0.3) is 0 Å². The predicted octanol–water partition coefficient (Wildman–Crippen LogP) is 3.23. The molecule has 1 aliphatic rings. The Morgan fingerprint density at radius 1 is 1.33 bits per heavy atom. The highest BCUT2D eigenvalue weighted by atomic mass is 35.5. The maximum absolute atomic E-state index is 12.1. The standard InChI is InChI=1S/C14H19ClN2O/c1-9-4-2-3-5-13(9)17-14(18)10-6-11(15)8-12(16)7-10/h6-9,13H,2-5,16H2,1H3,(H,17,18). The molecule has 2 rings (SSSR count). The van der Waals surface area contributed by atoms with Crippen molar-refractivity contribution in [2.75, 3.05) is 5.73 Å². The number of carbonyl (C=O) groups is 1. The van der Waals surface area contributed by atoms with Crippen LogP contribution in [0.1, 0.15) is 43.0 Å². The van der Waals surface area contributed by atoms with Gasteiger partial charge in [0, 0.05) is 22.3 Å². The lowest BCUT2D eigenvalue weighted by Crippen LogP contribution is -2.41. The number of nitrogen functional groups attached to an aromatic ring is 1. The van der Waals surface area contributed by atoms with Crippen LogP contribution in [0.5, 0.6) is 0 Å². The molecule has 1 aromatic rings. The first-order valence-corrected chi connectivity index (χ1v) is 6.81. The fraction of sp³-hybridized carbons (Fsp3) is 0.500. The Morgan fingerprint density at radius 3 is 2.72 bits per heavy atom. The lowest BCUT2D eigenvalue weighted by Gasteiger charge is -2.29. The van der Waals surface area contributed by atoms with Crippen LogP contribution < -0.4 is 11.1 Å². The van der Waals surface area contributed by atoms with Crippen molar-refractivity contribution in [3.8, 4) is 0 Å². The van der Waals surface area contributed by atoms with Crippen LogP contribution in [0, 0.1) is 5.92 Å². The second-order valence-corrected chi connectivity index (χ2v) is 5.55. The van der Waals surface area contributed by atoms with Crippen molar-refractivity contribution >= 4 is 23.2 Å². The molecule has 3 nitrogen and oxygen atoms in total. The molecular weight excluding hydrogens is 248 g/mol. The van der Waals surface area contributed by atoms with E-state index >= 15 is 0 Å². The average Bonchev–Trinajstić information content (AvgIpc) is 2.31. The van der Waals surface area contributed by atoms with Crippen molar-refractivity contribution in [2.45, 2.75) is 38.6 Å². The van der Waals surface area contributed by atoms with Crippen molar-refractivity contribution in [1.29, 1.82) is 0 Å². The van der Waals surface area contributed by atoms with E-state index in [1.807, 2.05) is 0 Å². The third-order valence-corrected chi connectivity index (χ3v) is 3.83. The maximum Gasteiger partial charge on any atom is 0.251 e. The smallest absolute Gasteiger partial charge is 0.251 e. The van der Waals surface area contributed by atoms with Gasteiger partial charge in [-0.1, -0.05) is 31.4 Å². The predicted molar refractivity (Wildman–Crippen MR) is 74.8 cm³/mol. The zero-order valence-electron chi connectivity index (χ0n) is 10.6. The molecule has 3 N–H and O–H groups in total. The van der Waals surface area contributed by atoms with Crippen LogP contribution in [0.4, 0.5) is 5.69 Å². The van der Waals surface area contributed by atoms with Crippen LogP contribution in [0.2, 0.25) is 5.02 Å². The topological polar surface area (TPSA) is 55.1 Å². The SMILES string of the molecule is CC1CCCCC1NC(=O)c1cc(N)cc(Cl)c1. The van der Waals surface area contributed by atoms with Crippen molar-refractivity contribution in [2.24, 2.45) is 5.92 Å². The van der Waals surface area contributed by atoms with Gasteiger partial charge >= 0.3 is 0 Å². The number of anilines is 1. The number of rotatable bonds is 2. The van der Waals surface area contributed by atoms with Gasteiger partial charge in [-0.15, -0.1) is 0 Å². The molecule has 1 amide bonds. The third kappa shape index (κ3) is 3.16. The molecular formula is C14H19ClN2O. The Labute approximate surface area is 113 Å². The molecule has 18 heavy (non-hydrogen) atoms. The number of hydrogen-bond acceptors (Lipinski definition) is 2. The van der Waals surface area contributed by atoms with Gasteiger partial charge in [-0.05, 0) is 37.0 Å². The average molecular weight is 267 g/mol. The third-order valence-electron chi connectivity index (χ3n) is 3.61. The van der Waals surface area contributed by atoms with E-state index in [2.05, 4.69) is 12.2 Å². The van der Waals surface area contributed by atoms with Gasteiger partial charge in [-0.2, -0.15) is 0 Å². The molecule has 1 aromatic carbocycles. The lowest BCUT2D eigenvalue weighted by atomic mass is 9.86. The van der Waals surface area contributed by atoms with Crippen molar-refractivity contribution < 1.29 is 4.79 Å². The van der Waals surface area contributed by atoms with Crippen LogP contribution in [0.15, 0.2) is 18.2 Å². The molecule has 4 heteroatoms. The molecule has 0 bridgehead atoms. The maximum atomic E-state index is 12.1. The summed E-state index contributed by atoms with van der Waals surface area (Å²) < 4.78 is 0. The number of benzene rings is 1. The van der Waals surface area contributed by atoms with E-state index in [0.29, 0.717) is 22.2 Å². The molecule has 2 atom stereocenters. The van der Waals surface area contributed by atoms with E-state index in [1.54, 1.807) is 18.2 Å². The number of nitrogens with one attached hydrogen (secondary N) is 1. The summed E-state index contributed by atoms with van der Waals surface area (Å²) in [6.07, 6.45) is 4.69. The van der Waals surface area contributed by atoms with Gasteiger partial charge in [0.05, 0.1) is 0 Å². The Bertz CT molecular complexity index is 427. The summed E-state index contributed by atoms with van der Waals surface area (Å²) in [5, 5.41) is 3.58. The van der Waals surface area contributed by atoms with Gasteiger partial charge in [0.15, 0.2) is 0 Å². The molecule has 0 radical (unpaired) electrons. The number of amides is 1. The van der Waals surface area contributed by atoms with Crippen LogP contribution >= 0.6 is 11.6 Å². The normalized spacial score (nSPS) is 23.7. The Kier molecular flexibility index (Phi) is 4.12. The van der Waals surface area contributed by atoms with E-state index in [1.165, 1.54) is 19.3 Å². The van der Waals surface area contributed by atoms with E-state index in [4.69, 9.17) is 17.3 Å². The second-order valence-electron chi connectivity index (χ2n) is 5.11. The fourth-order valence-electron chi connectivity index (χ4n) is 2.53. The summed E-state index contributed by atoms with van der Waals surface area (Å²) in [4.78, 5) is 12.1. The Hall–Kier alpha value is -1.22. The molecule has 1 aliphatic carbocycles. The van der Waals surface area contributed by atoms with Gasteiger partial charge in [0.1, 0.15) is 0 Å². The van der Waals surface area contributed by atoms with Gasteiger partial charge in [-0.3, -0.25) is 4.79 Å². The molecule has 0 saturated heterocycles. The monoisotopic (exact) mass is 266 g/mol. The summed E-state index contributed by atoms with van der Waals surface area (Å²) in [5.41, 5.74) is 6.75. The number of halogens is 1. The second kappa shape index (κ2) is 5.61. The van der Waals surface area contributed by atoms with Crippen molar-refractivity contribution in [3.05, 3.63) is 28.8 Å². The van der Waals surface area contributed by atoms with E-state index in [9.17, 15) is 4.79 Å². The largest absolute Gasteiger partial charge is 0.399 e. The highest BCUT2D eigenvalue weighted by molar-refractivity contribution is 6.31. The van der Waals surface area contributed by atoms with Gasteiger partial charge in [0.25, 0.3) is 5.91 Å². The molecule has 2 unspecified atom stereocenters. The summed E-state index contributed by atoms with van der Waals surface area (Å²) in [7, 11) is 0. The minimum absolute atomic E-state index is 0.0806. The molecule has 0 aliphatic heterocycles. The molecule has 1 saturated carbocycles. The van der Waals surface area contributed by atoms with E-state index in [-0.39, 0.29) is 11.9 Å². The van der Waals surface area contributed by atoms with Crippen molar-refractivity contribution in [3.63, 3.8) is 0 Å². The van der Waals surface area contributed by atoms with Gasteiger partial charge in [0.2, 0.25) is 0 Å². The summed E-state index contributed by atoms with van der Waals surface area (Å²) in [6.45, 7) is 2.19. The zero-order chi connectivity index (χ0) is 13.1. The first-order valence-electron chi connectivity index (χ1n) is 6.43. The van der Waals surface area contributed by atoms with Gasteiger partial charge < -0.3 is 11.1 Å². The minimum atomic E-state index is -0.0806. The quantitative estimate of drug-likeness (QED) is 0.808. The first-order chi connectivity index (χ1) is 8.56. The zero-order valence-corrected chi connectivity index (χ0v) is 11.3.